The van der Waals surface area contributed by atoms with Crippen molar-refractivity contribution < 1.29 is 18.7 Å². The van der Waals surface area contributed by atoms with Crippen molar-refractivity contribution in [2.45, 2.75) is 48.5 Å². The second kappa shape index (κ2) is 7.61. The number of thioether (sulfide) groups is 1. The van der Waals surface area contributed by atoms with Crippen LogP contribution >= 0.6 is 11.8 Å². The lowest BCUT2D eigenvalue weighted by Gasteiger charge is -2.26. The third kappa shape index (κ3) is 5.17. The molecule has 116 valence electrons. The second-order valence-electron chi connectivity index (χ2n) is 4.98. The summed E-state index contributed by atoms with van der Waals surface area (Å²) in [5, 5.41) is 14.8. The Balaban J connectivity index is 1.90. The van der Waals surface area contributed by atoms with Crippen LogP contribution in [0.25, 0.3) is 0 Å². The topological polar surface area (TPSA) is 61.4 Å². The quantitative estimate of drug-likeness (QED) is 0.746. The van der Waals surface area contributed by atoms with E-state index in [0.717, 1.165) is 12.8 Å². The molecule has 3 N–H and O–H groups in total. The number of aliphatic hydroxyl groups excluding tert-OH is 1. The summed E-state index contributed by atoms with van der Waals surface area (Å²) in [6.07, 6.45) is 2.50. The molecule has 0 bridgehead atoms. The zero-order valence-electron chi connectivity index (χ0n) is 11.4. The molecule has 0 heterocycles. The number of alkyl halides is 2. The predicted octanol–water partition coefficient (Wildman–Crippen LogP) is 3.43. The normalized spacial score (nSPS) is 22.1. The Bertz CT molecular complexity index is 480. The zero-order valence-corrected chi connectivity index (χ0v) is 12.2. The number of carbonyl (C=O) groups is 1. The Morgan fingerprint density at radius 1 is 1.24 bits per heavy atom. The number of para-hydroxylation sites is 1. The van der Waals surface area contributed by atoms with Crippen molar-refractivity contribution in [3.05, 3.63) is 24.3 Å². The van der Waals surface area contributed by atoms with Gasteiger partial charge in [-0.15, -0.1) is 0 Å². The summed E-state index contributed by atoms with van der Waals surface area (Å²) in [4.78, 5) is 12.3. The van der Waals surface area contributed by atoms with Crippen molar-refractivity contribution >= 4 is 23.5 Å². The van der Waals surface area contributed by atoms with Crippen LogP contribution < -0.4 is 10.6 Å². The van der Waals surface area contributed by atoms with Crippen LogP contribution in [0.4, 0.5) is 19.3 Å². The van der Waals surface area contributed by atoms with Crippen LogP contribution in [-0.4, -0.2) is 29.0 Å². The maximum Gasteiger partial charge on any atom is 0.319 e. The lowest BCUT2D eigenvalue weighted by Crippen LogP contribution is -2.40. The van der Waals surface area contributed by atoms with E-state index in [9.17, 15) is 18.7 Å². The number of aliphatic hydroxyl groups is 1. The predicted molar refractivity (Wildman–Crippen MR) is 78.7 cm³/mol. The highest BCUT2D eigenvalue weighted by Gasteiger charge is 2.21. The molecule has 0 saturated heterocycles. The number of nitrogens with one attached hydrogen (secondary N) is 2. The largest absolute Gasteiger partial charge is 0.393 e. The molecule has 0 aliphatic heterocycles. The number of amides is 2. The Morgan fingerprint density at radius 2 is 1.90 bits per heavy atom. The Kier molecular flexibility index (Phi) is 5.81. The van der Waals surface area contributed by atoms with E-state index < -0.39 is 11.8 Å². The molecule has 7 heteroatoms. The molecule has 0 unspecified atom stereocenters. The Hall–Kier alpha value is -1.34. The van der Waals surface area contributed by atoms with E-state index in [4.69, 9.17) is 0 Å². The van der Waals surface area contributed by atoms with Crippen LogP contribution in [0.5, 0.6) is 0 Å². The Labute approximate surface area is 126 Å². The first-order valence-corrected chi connectivity index (χ1v) is 7.72. The highest BCUT2D eigenvalue weighted by atomic mass is 32.2. The van der Waals surface area contributed by atoms with Gasteiger partial charge in [0.05, 0.1) is 11.8 Å². The highest BCUT2D eigenvalue weighted by Crippen LogP contribution is 2.31. The summed E-state index contributed by atoms with van der Waals surface area (Å²) in [6, 6.07) is 6.08. The van der Waals surface area contributed by atoms with Gasteiger partial charge in [-0.05, 0) is 37.8 Å². The van der Waals surface area contributed by atoms with Crippen molar-refractivity contribution in [2.75, 3.05) is 5.32 Å². The molecular weight excluding hydrogens is 298 g/mol. The van der Waals surface area contributed by atoms with Crippen molar-refractivity contribution in [1.82, 2.24) is 5.32 Å². The van der Waals surface area contributed by atoms with Crippen molar-refractivity contribution in [3.8, 4) is 0 Å². The fourth-order valence-corrected chi connectivity index (χ4v) is 2.93. The van der Waals surface area contributed by atoms with E-state index in [1.54, 1.807) is 24.3 Å². The molecule has 1 aromatic rings. The fraction of sp³-hybridized carbons (Fsp3) is 0.500. The maximum absolute atomic E-state index is 12.5. The highest BCUT2D eigenvalue weighted by molar-refractivity contribution is 7.99. The van der Waals surface area contributed by atoms with Crippen LogP contribution in [0.15, 0.2) is 29.2 Å². The van der Waals surface area contributed by atoms with Gasteiger partial charge in [0.1, 0.15) is 0 Å². The van der Waals surface area contributed by atoms with Crippen LogP contribution in [0, 0.1) is 0 Å². The molecule has 1 aromatic carbocycles. The third-order valence-electron chi connectivity index (χ3n) is 3.38. The molecular formula is C14H18F2N2O2S. The average molecular weight is 316 g/mol. The first kappa shape index (κ1) is 16.0. The van der Waals surface area contributed by atoms with Gasteiger partial charge in [-0.2, -0.15) is 8.78 Å². The number of anilines is 1. The van der Waals surface area contributed by atoms with Gasteiger partial charge in [-0.25, -0.2) is 4.79 Å². The molecule has 1 saturated carbocycles. The minimum atomic E-state index is -2.53. The van der Waals surface area contributed by atoms with Crippen molar-refractivity contribution in [3.63, 3.8) is 0 Å². The van der Waals surface area contributed by atoms with Crippen LogP contribution in [0.3, 0.4) is 0 Å². The lowest BCUT2D eigenvalue weighted by molar-refractivity contribution is 0.118. The van der Waals surface area contributed by atoms with Gasteiger partial charge in [-0.1, -0.05) is 23.9 Å². The van der Waals surface area contributed by atoms with E-state index >= 15 is 0 Å². The second-order valence-corrected chi connectivity index (χ2v) is 6.01. The zero-order chi connectivity index (χ0) is 15.2. The summed E-state index contributed by atoms with van der Waals surface area (Å²) in [5.41, 5.74) is 0.371. The first-order valence-electron chi connectivity index (χ1n) is 6.84. The number of rotatable bonds is 4. The number of benzene rings is 1. The van der Waals surface area contributed by atoms with Gasteiger partial charge in [0.25, 0.3) is 5.76 Å². The molecule has 0 atom stereocenters. The summed E-state index contributed by atoms with van der Waals surface area (Å²) in [5.74, 6) is -2.53. The molecule has 2 rings (SSSR count). The van der Waals surface area contributed by atoms with Crippen molar-refractivity contribution in [1.29, 1.82) is 0 Å². The molecule has 1 fully saturated rings. The minimum Gasteiger partial charge on any atom is -0.393 e. The van der Waals surface area contributed by atoms with Gasteiger partial charge in [0.15, 0.2) is 0 Å². The molecule has 2 amide bonds. The summed E-state index contributed by atoms with van der Waals surface area (Å²) in [6.45, 7) is 0. The number of hydrogen-bond donors (Lipinski definition) is 3. The molecule has 0 spiro atoms. The van der Waals surface area contributed by atoms with Crippen molar-refractivity contribution in [2.24, 2.45) is 0 Å². The molecule has 1 aliphatic carbocycles. The number of urea groups is 1. The minimum absolute atomic E-state index is 0.0170. The molecule has 4 nitrogen and oxygen atoms in total. The van der Waals surface area contributed by atoms with Gasteiger partial charge in [0.2, 0.25) is 0 Å². The number of hydrogen-bond acceptors (Lipinski definition) is 3. The third-order valence-corrected chi connectivity index (χ3v) is 4.17. The summed E-state index contributed by atoms with van der Waals surface area (Å²) in [7, 11) is 0. The monoisotopic (exact) mass is 316 g/mol. The molecule has 0 aromatic heterocycles. The first-order chi connectivity index (χ1) is 10.0. The lowest BCUT2D eigenvalue weighted by atomic mass is 9.93. The number of carbonyl (C=O) groups excluding carboxylic acids is 1. The maximum atomic E-state index is 12.5. The van der Waals surface area contributed by atoms with Gasteiger partial charge >= 0.3 is 6.03 Å². The van der Waals surface area contributed by atoms with E-state index in [2.05, 4.69) is 10.6 Å². The van der Waals surface area contributed by atoms with Crippen LogP contribution in [0.2, 0.25) is 0 Å². The SMILES string of the molecule is O=C(Nc1ccccc1SC(F)F)NC1CCC(O)CC1. The summed E-state index contributed by atoms with van der Waals surface area (Å²) >= 11 is 0.405. The standard InChI is InChI=1S/C14H18F2N2O2S/c15-13(16)21-12-4-2-1-3-11(12)18-14(20)17-9-5-7-10(19)8-6-9/h1-4,9-10,13,19H,5-8H2,(H2,17,18,20). The van der Waals surface area contributed by atoms with E-state index in [1.165, 1.54) is 0 Å². The van der Waals surface area contributed by atoms with Crippen LogP contribution in [-0.2, 0) is 0 Å². The van der Waals surface area contributed by atoms with E-state index in [0.29, 0.717) is 35.2 Å². The molecule has 21 heavy (non-hydrogen) atoms. The van der Waals surface area contributed by atoms with Gasteiger partial charge < -0.3 is 15.7 Å². The van der Waals surface area contributed by atoms with E-state index in [-0.39, 0.29) is 12.1 Å². The fourth-order valence-electron chi connectivity index (χ4n) is 2.33. The number of halogens is 2. The van der Waals surface area contributed by atoms with Gasteiger partial charge in [-0.3, -0.25) is 0 Å². The van der Waals surface area contributed by atoms with E-state index in [1.807, 2.05) is 0 Å². The average Bonchev–Trinajstić information content (AvgIpc) is 2.43. The molecule has 0 radical (unpaired) electrons. The van der Waals surface area contributed by atoms with Gasteiger partial charge in [0, 0.05) is 10.9 Å². The summed E-state index contributed by atoms with van der Waals surface area (Å²) < 4.78 is 24.9. The molecule has 1 aliphatic rings. The van der Waals surface area contributed by atoms with Crippen LogP contribution in [0.1, 0.15) is 25.7 Å². The Morgan fingerprint density at radius 3 is 2.57 bits per heavy atom. The smallest absolute Gasteiger partial charge is 0.319 e.